The van der Waals surface area contributed by atoms with Crippen LogP contribution in [0.2, 0.25) is 0 Å². The molecule has 0 aliphatic carbocycles. The van der Waals surface area contributed by atoms with Gasteiger partial charge in [-0.1, -0.05) is 19.1 Å². The van der Waals surface area contributed by atoms with Crippen LogP contribution in [0, 0.1) is 0 Å². The molecule has 1 unspecified atom stereocenters. The number of rotatable bonds is 5. The molecule has 0 amide bonds. The van der Waals surface area contributed by atoms with E-state index in [1.54, 1.807) is 24.3 Å². The minimum Gasteiger partial charge on any atom is -0.478 e. The maximum atomic E-state index is 11.3. The van der Waals surface area contributed by atoms with E-state index in [-0.39, 0.29) is 0 Å². The summed E-state index contributed by atoms with van der Waals surface area (Å²) in [5, 5.41) is 0. The number of methoxy groups -OCH3 is 1. The van der Waals surface area contributed by atoms with Crippen molar-refractivity contribution in [3.8, 4) is 5.75 Å². The molecule has 0 aliphatic heterocycles. The van der Waals surface area contributed by atoms with Crippen molar-refractivity contribution in [1.82, 2.24) is 0 Å². The number of esters is 1. The highest BCUT2D eigenvalue weighted by Gasteiger charge is 2.19. The lowest BCUT2D eigenvalue weighted by Gasteiger charge is -2.15. The van der Waals surface area contributed by atoms with E-state index in [1.807, 2.05) is 6.92 Å². The average Bonchev–Trinajstić information content (AvgIpc) is 2.35. The molecule has 0 heterocycles. The Morgan fingerprint density at radius 2 is 2.12 bits per heavy atom. The summed E-state index contributed by atoms with van der Waals surface area (Å²) in [5.41, 5.74) is 0.421. The van der Waals surface area contributed by atoms with Gasteiger partial charge in [0.15, 0.2) is 12.4 Å². The zero-order chi connectivity index (χ0) is 12.0. The Hall–Kier alpha value is -1.84. The van der Waals surface area contributed by atoms with Gasteiger partial charge in [0.05, 0.1) is 12.7 Å². The van der Waals surface area contributed by atoms with Crippen molar-refractivity contribution in [3.63, 3.8) is 0 Å². The molecular weight excluding hydrogens is 208 g/mol. The number of ether oxygens (including phenoxy) is 2. The van der Waals surface area contributed by atoms with Gasteiger partial charge in [-0.25, -0.2) is 4.79 Å². The van der Waals surface area contributed by atoms with Gasteiger partial charge in [0.1, 0.15) is 5.75 Å². The highest BCUT2D eigenvalue weighted by Crippen LogP contribution is 2.18. The summed E-state index contributed by atoms with van der Waals surface area (Å²) in [6.07, 6.45) is 0.505. The molecule has 1 rings (SSSR count). The molecule has 0 aliphatic rings. The number of hydrogen-bond donors (Lipinski definition) is 0. The fraction of sp³-hybridized carbons (Fsp3) is 0.333. The molecule has 4 heteroatoms. The summed E-state index contributed by atoms with van der Waals surface area (Å²) in [5.74, 6) is -0.0436. The van der Waals surface area contributed by atoms with Crippen molar-refractivity contribution in [3.05, 3.63) is 29.8 Å². The number of benzene rings is 1. The van der Waals surface area contributed by atoms with Crippen LogP contribution in [0.5, 0.6) is 5.75 Å². The van der Waals surface area contributed by atoms with Crippen LogP contribution < -0.4 is 4.74 Å². The molecule has 0 saturated heterocycles. The molecule has 0 fully saturated rings. The van der Waals surface area contributed by atoms with E-state index in [0.29, 0.717) is 24.0 Å². The van der Waals surface area contributed by atoms with E-state index in [1.165, 1.54) is 7.11 Å². The van der Waals surface area contributed by atoms with Crippen molar-refractivity contribution in [2.45, 2.75) is 19.4 Å². The zero-order valence-electron chi connectivity index (χ0n) is 9.30. The van der Waals surface area contributed by atoms with E-state index in [0.717, 1.165) is 0 Å². The number of para-hydroxylation sites is 1. The second-order valence-electron chi connectivity index (χ2n) is 3.19. The smallest absolute Gasteiger partial charge is 0.347 e. The lowest BCUT2D eigenvalue weighted by molar-refractivity contribution is -0.148. The van der Waals surface area contributed by atoms with E-state index >= 15 is 0 Å². The minimum atomic E-state index is -0.675. The predicted molar refractivity (Wildman–Crippen MR) is 58.6 cm³/mol. The Morgan fingerprint density at radius 3 is 2.69 bits per heavy atom. The molecule has 1 aromatic rings. The fourth-order valence-corrected chi connectivity index (χ4v) is 1.27. The molecule has 4 nitrogen and oxygen atoms in total. The summed E-state index contributed by atoms with van der Waals surface area (Å²) in [4.78, 5) is 22.1. The third-order valence-electron chi connectivity index (χ3n) is 2.15. The van der Waals surface area contributed by atoms with Gasteiger partial charge in [-0.3, -0.25) is 4.79 Å². The van der Waals surface area contributed by atoms with E-state index < -0.39 is 12.1 Å². The maximum absolute atomic E-state index is 11.3. The second-order valence-corrected chi connectivity index (χ2v) is 3.19. The van der Waals surface area contributed by atoms with Gasteiger partial charge in [-0.2, -0.15) is 0 Å². The molecule has 86 valence electrons. The van der Waals surface area contributed by atoms with Crippen molar-refractivity contribution in [2.75, 3.05) is 7.11 Å². The maximum Gasteiger partial charge on any atom is 0.347 e. The Morgan fingerprint density at radius 1 is 1.44 bits per heavy atom. The first-order chi connectivity index (χ1) is 7.72. The van der Waals surface area contributed by atoms with Crippen LogP contribution >= 0.6 is 0 Å². The quantitative estimate of drug-likeness (QED) is 0.563. The number of hydrogen-bond acceptors (Lipinski definition) is 4. The van der Waals surface area contributed by atoms with Gasteiger partial charge in [-0.15, -0.1) is 0 Å². The molecule has 0 N–H and O–H groups in total. The first-order valence-electron chi connectivity index (χ1n) is 5.01. The Labute approximate surface area is 94.2 Å². The monoisotopic (exact) mass is 222 g/mol. The summed E-state index contributed by atoms with van der Waals surface area (Å²) in [7, 11) is 1.31. The van der Waals surface area contributed by atoms with Crippen LogP contribution in [0.4, 0.5) is 0 Å². The highest BCUT2D eigenvalue weighted by atomic mass is 16.6. The van der Waals surface area contributed by atoms with Crippen LogP contribution in [0.1, 0.15) is 23.7 Å². The van der Waals surface area contributed by atoms with Gasteiger partial charge in [0.25, 0.3) is 0 Å². The van der Waals surface area contributed by atoms with Gasteiger partial charge in [0, 0.05) is 0 Å². The van der Waals surface area contributed by atoms with Crippen molar-refractivity contribution < 1.29 is 19.1 Å². The van der Waals surface area contributed by atoms with E-state index in [4.69, 9.17) is 4.74 Å². The summed E-state index contributed by atoms with van der Waals surface area (Å²) in [6.45, 7) is 1.81. The molecule has 0 spiro atoms. The van der Waals surface area contributed by atoms with Gasteiger partial charge < -0.3 is 9.47 Å². The number of aldehydes is 1. The molecule has 0 saturated carbocycles. The molecule has 1 atom stereocenters. The standard InChI is InChI=1S/C12H14O4/c1-3-10(12(14)15-2)16-11-7-5-4-6-9(11)8-13/h4-8,10H,3H2,1-2H3. The van der Waals surface area contributed by atoms with Crippen LogP contribution in [0.15, 0.2) is 24.3 Å². The van der Waals surface area contributed by atoms with Gasteiger partial charge in [-0.05, 0) is 18.6 Å². The molecule has 0 bridgehead atoms. The Kier molecular flexibility index (Phi) is 4.51. The summed E-state index contributed by atoms with van der Waals surface area (Å²) >= 11 is 0. The van der Waals surface area contributed by atoms with Crippen LogP contribution in [0.25, 0.3) is 0 Å². The largest absolute Gasteiger partial charge is 0.478 e. The zero-order valence-corrected chi connectivity index (χ0v) is 9.30. The van der Waals surface area contributed by atoms with Crippen LogP contribution in [-0.2, 0) is 9.53 Å². The Bertz CT molecular complexity index is 373. The predicted octanol–water partition coefficient (Wildman–Crippen LogP) is 1.83. The topological polar surface area (TPSA) is 52.6 Å². The number of carbonyl (C=O) groups excluding carboxylic acids is 2. The molecule has 0 radical (unpaired) electrons. The third kappa shape index (κ3) is 2.82. The molecule has 16 heavy (non-hydrogen) atoms. The first kappa shape index (κ1) is 12.2. The van der Waals surface area contributed by atoms with E-state index in [9.17, 15) is 9.59 Å². The minimum absolute atomic E-state index is 0.398. The highest BCUT2D eigenvalue weighted by molar-refractivity contribution is 5.80. The summed E-state index contributed by atoms with van der Waals surface area (Å²) < 4.78 is 10.0. The Balaban J connectivity index is 2.85. The molecular formula is C12H14O4. The van der Waals surface area contributed by atoms with Crippen LogP contribution in [-0.4, -0.2) is 25.5 Å². The van der Waals surface area contributed by atoms with Crippen molar-refractivity contribution >= 4 is 12.3 Å². The van der Waals surface area contributed by atoms with Gasteiger partial charge in [0.2, 0.25) is 0 Å². The lowest BCUT2D eigenvalue weighted by Crippen LogP contribution is -2.28. The molecule has 0 aromatic heterocycles. The molecule has 1 aromatic carbocycles. The van der Waals surface area contributed by atoms with Gasteiger partial charge >= 0.3 is 5.97 Å². The second kappa shape index (κ2) is 5.90. The van der Waals surface area contributed by atoms with Crippen molar-refractivity contribution in [1.29, 1.82) is 0 Å². The van der Waals surface area contributed by atoms with Crippen LogP contribution in [0.3, 0.4) is 0 Å². The first-order valence-corrected chi connectivity index (χ1v) is 5.01. The van der Waals surface area contributed by atoms with Crippen molar-refractivity contribution in [2.24, 2.45) is 0 Å². The third-order valence-corrected chi connectivity index (χ3v) is 2.15. The average molecular weight is 222 g/mol. The SMILES string of the molecule is CCC(Oc1ccccc1C=O)C(=O)OC. The lowest BCUT2D eigenvalue weighted by atomic mass is 10.2. The number of carbonyl (C=O) groups is 2. The summed E-state index contributed by atoms with van der Waals surface area (Å²) in [6, 6.07) is 6.75. The normalized spacial score (nSPS) is 11.6. The fourth-order valence-electron chi connectivity index (χ4n) is 1.27. The van der Waals surface area contributed by atoms with E-state index in [2.05, 4.69) is 4.74 Å².